The quantitative estimate of drug-likeness (QED) is 0.736. The van der Waals surface area contributed by atoms with Crippen LogP contribution in [0, 0.1) is 0 Å². The molecule has 4 nitrogen and oxygen atoms in total. The molecule has 2 unspecified atom stereocenters. The van der Waals surface area contributed by atoms with Crippen molar-refractivity contribution >= 4 is 16.5 Å². The van der Waals surface area contributed by atoms with E-state index < -0.39 is 6.10 Å². The van der Waals surface area contributed by atoms with Crippen LogP contribution in [0.15, 0.2) is 53.9 Å². The molecule has 2 aromatic carbocycles. The topological polar surface area (TPSA) is 54.4 Å². The molecular weight excluding hydrogens is 332 g/mol. The molecule has 3 aromatic rings. The second kappa shape index (κ2) is 6.86. The summed E-state index contributed by atoms with van der Waals surface area (Å²) in [7, 11) is 1.66. The fourth-order valence-corrected chi connectivity index (χ4v) is 4.04. The number of aliphatic hydroxyl groups is 1. The Morgan fingerprint density at radius 1 is 1.16 bits per heavy atom. The summed E-state index contributed by atoms with van der Waals surface area (Å²) in [6.07, 6.45) is 1.29. The molecule has 0 fully saturated rings. The van der Waals surface area contributed by atoms with Gasteiger partial charge in [0, 0.05) is 10.9 Å². The number of benzene rings is 2. The Bertz CT molecular complexity index is 860. The molecule has 0 aliphatic heterocycles. The Kier molecular flexibility index (Phi) is 4.42. The van der Waals surface area contributed by atoms with Gasteiger partial charge in [-0.15, -0.1) is 11.3 Å². The number of hydrogen-bond donors (Lipinski definition) is 2. The highest BCUT2D eigenvalue weighted by Gasteiger charge is 2.28. The van der Waals surface area contributed by atoms with Crippen LogP contribution < -0.4 is 10.1 Å². The number of anilines is 1. The first-order valence-electron chi connectivity index (χ1n) is 8.37. The average molecular weight is 352 g/mol. The van der Waals surface area contributed by atoms with E-state index in [-0.39, 0.29) is 6.04 Å². The smallest absolute Gasteiger partial charge is 0.183 e. The predicted molar refractivity (Wildman–Crippen MR) is 101 cm³/mol. The lowest BCUT2D eigenvalue weighted by Gasteiger charge is -2.30. The summed E-state index contributed by atoms with van der Waals surface area (Å²) in [5.41, 5.74) is 4.45. The highest BCUT2D eigenvalue weighted by atomic mass is 32.1. The van der Waals surface area contributed by atoms with Crippen molar-refractivity contribution < 1.29 is 9.84 Å². The van der Waals surface area contributed by atoms with Crippen LogP contribution in [0.3, 0.4) is 0 Å². The van der Waals surface area contributed by atoms with Gasteiger partial charge in [-0.05, 0) is 48.2 Å². The monoisotopic (exact) mass is 352 g/mol. The summed E-state index contributed by atoms with van der Waals surface area (Å²) in [4.78, 5) is 4.69. The third kappa shape index (κ3) is 3.25. The van der Waals surface area contributed by atoms with Gasteiger partial charge in [0.1, 0.15) is 5.75 Å². The van der Waals surface area contributed by atoms with E-state index in [1.54, 1.807) is 18.4 Å². The van der Waals surface area contributed by atoms with Crippen LogP contribution in [0.25, 0.3) is 11.3 Å². The van der Waals surface area contributed by atoms with Crippen molar-refractivity contribution in [1.82, 2.24) is 4.98 Å². The van der Waals surface area contributed by atoms with Crippen LogP contribution in [0.2, 0.25) is 0 Å². The third-order valence-corrected chi connectivity index (χ3v) is 5.43. The van der Waals surface area contributed by atoms with E-state index >= 15 is 0 Å². The number of hydrogen-bond acceptors (Lipinski definition) is 5. The van der Waals surface area contributed by atoms with Crippen molar-refractivity contribution in [2.24, 2.45) is 0 Å². The number of nitrogens with zero attached hydrogens (tertiary/aromatic N) is 1. The highest BCUT2D eigenvalue weighted by Crippen LogP contribution is 2.34. The van der Waals surface area contributed by atoms with E-state index in [0.717, 1.165) is 35.0 Å². The van der Waals surface area contributed by atoms with Crippen molar-refractivity contribution in [3.8, 4) is 17.0 Å². The molecule has 1 heterocycles. The molecule has 0 saturated carbocycles. The molecular formula is C20H20N2O2S. The van der Waals surface area contributed by atoms with Crippen LogP contribution in [-0.2, 0) is 6.42 Å². The Morgan fingerprint density at radius 2 is 1.96 bits per heavy atom. The van der Waals surface area contributed by atoms with Gasteiger partial charge in [0.25, 0.3) is 0 Å². The number of methoxy groups -OCH3 is 1. The minimum Gasteiger partial charge on any atom is -0.497 e. The normalized spacial score (nSPS) is 19.3. The number of nitrogens with one attached hydrogen (secondary N) is 1. The predicted octanol–water partition coefficient (Wildman–Crippen LogP) is 4.28. The van der Waals surface area contributed by atoms with Crippen LogP contribution >= 0.6 is 11.3 Å². The first-order valence-corrected chi connectivity index (χ1v) is 9.25. The van der Waals surface area contributed by atoms with Crippen LogP contribution in [0.5, 0.6) is 5.75 Å². The molecule has 0 bridgehead atoms. The number of ether oxygens (including phenoxy) is 1. The zero-order chi connectivity index (χ0) is 17.2. The first-order chi connectivity index (χ1) is 12.2. The van der Waals surface area contributed by atoms with E-state index in [2.05, 4.69) is 23.5 Å². The maximum Gasteiger partial charge on any atom is 0.183 e. The summed E-state index contributed by atoms with van der Waals surface area (Å²) in [6, 6.07) is 16.1. The number of thiazole rings is 1. The number of rotatable bonds is 4. The molecule has 128 valence electrons. The molecule has 4 rings (SSSR count). The van der Waals surface area contributed by atoms with Crippen LogP contribution in [-0.4, -0.2) is 23.3 Å². The SMILES string of the molecule is COc1ccc(-c2csc(NC3c4ccccc4CCC3O)n2)cc1. The second-order valence-corrected chi connectivity index (χ2v) is 7.05. The van der Waals surface area contributed by atoms with Crippen molar-refractivity contribution in [2.75, 3.05) is 12.4 Å². The van der Waals surface area contributed by atoms with Gasteiger partial charge >= 0.3 is 0 Å². The molecule has 0 saturated heterocycles. The third-order valence-electron chi connectivity index (χ3n) is 4.65. The van der Waals surface area contributed by atoms with E-state index in [1.165, 1.54) is 11.1 Å². The zero-order valence-electron chi connectivity index (χ0n) is 14.0. The standard InChI is InChI=1S/C20H20N2O2S/c1-24-15-9-6-14(7-10-15)17-12-25-20(21-17)22-19-16-5-3-2-4-13(16)8-11-18(19)23/h2-7,9-10,12,18-19,23H,8,11H2,1H3,(H,21,22). The zero-order valence-corrected chi connectivity index (χ0v) is 14.8. The Morgan fingerprint density at radius 3 is 2.76 bits per heavy atom. The lowest BCUT2D eigenvalue weighted by molar-refractivity contribution is 0.135. The first kappa shape index (κ1) is 16.1. The summed E-state index contributed by atoms with van der Waals surface area (Å²) in [6.45, 7) is 0. The minimum absolute atomic E-state index is 0.111. The maximum atomic E-state index is 10.5. The Labute approximate surface area is 151 Å². The molecule has 0 spiro atoms. The van der Waals surface area contributed by atoms with Gasteiger partial charge in [-0.2, -0.15) is 0 Å². The maximum absolute atomic E-state index is 10.5. The average Bonchev–Trinajstić information content (AvgIpc) is 3.13. The molecule has 5 heteroatoms. The van der Waals surface area contributed by atoms with Crippen LogP contribution in [0.1, 0.15) is 23.6 Å². The summed E-state index contributed by atoms with van der Waals surface area (Å²) >= 11 is 1.56. The molecule has 0 amide bonds. The highest BCUT2D eigenvalue weighted by molar-refractivity contribution is 7.14. The van der Waals surface area contributed by atoms with E-state index in [1.807, 2.05) is 35.7 Å². The summed E-state index contributed by atoms with van der Waals surface area (Å²) < 4.78 is 5.20. The van der Waals surface area contributed by atoms with Gasteiger partial charge in [-0.3, -0.25) is 0 Å². The fourth-order valence-electron chi connectivity index (χ4n) is 3.28. The lowest BCUT2D eigenvalue weighted by atomic mass is 9.86. The summed E-state index contributed by atoms with van der Waals surface area (Å²) in [5.74, 6) is 0.833. The minimum atomic E-state index is -0.400. The van der Waals surface area contributed by atoms with Crippen molar-refractivity contribution in [3.05, 3.63) is 65.0 Å². The van der Waals surface area contributed by atoms with E-state index in [4.69, 9.17) is 9.72 Å². The Hall–Kier alpha value is -2.37. The van der Waals surface area contributed by atoms with Gasteiger partial charge in [-0.1, -0.05) is 24.3 Å². The molecule has 1 aliphatic rings. The van der Waals surface area contributed by atoms with Crippen molar-refractivity contribution in [2.45, 2.75) is 25.0 Å². The number of fused-ring (bicyclic) bond motifs is 1. The van der Waals surface area contributed by atoms with Crippen molar-refractivity contribution in [1.29, 1.82) is 0 Å². The van der Waals surface area contributed by atoms with E-state index in [0.29, 0.717) is 0 Å². The molecule has 0 radical (unpaired) electrons. The number of aryl methyl sites for hydroxylation is 1. The van der Waals surface area contributed by atoms with Gasteiger partial charge in [0.15, 0.2) is 5.13 Å². The molecule has 2 N–H and O–H groups in total. The van der Waals surface area contributed by atoms with E-state index in [9.17, 15) is 5.11 Å². The van der Waals surface area contributed by atoms with Gasteiger partial charge in [0.2, 0.25) is 0 Å². The number of aromatic nitrogens is 1. The Balaban J connectivity index is 1.56. The fraction of sp³-hybridized carbons (Fsp3) is 0.250. The lowest BCUT2D eigenvalue weighted by Crippen LogP contribution is -2.30. The molecule has 25 heavy (non-hydrogen) atoms. The molecule has 1 aliphatic carbocycles. The molecule has 1 aromatic heterocycles. The van der Waals surface area contributed by atoms with Crippen LogP contribution in [0.4, 0.5) is 5.13 Å². The van der Waals surface area contributed by atoms with Gasteiger partial charge in [-0.25, -0.2) is 4.98 Å². The van der Waals surface area contributed by atoms with Gasteiger partial charge < -0.3 is 15.2 Å². The van der Waals surface area contributed by atoms with Gasteiger partial charge in [0.05, 0.1) is 24.9 Å². The number of aliphatic hydroxyl groups excluding tert-OH is 1. The largest absolute Gasteiger partial charge is 0.497 e. The van der Waals surface area contributed by atoms with Crippen molar-refractivity contribution in [3.63, 3.8) is 0 Å². The molecule has 2 atom stereocenters. The summed E-state index contributed by atoms with van der Waals surface area (Å²) in [5, 5.41) is 16.7. The second-order valence-electron chi connectivity index (χ2n) is 6.19.